The molecule has 1 aromatic carbocycles. The summed E-state index contributed by atoms with van der Waals surface area (Å²) in [5.41, 5.74) is -0.895. The minimum absolute atomic E-state index is 0.00330. The van der Waals surface area contributed by atoms with Crippen molar-refractivity contribution in [3.05, 3.63) is 42.0 Å². The molecule has 14 nitrogen and oxygen atoms in total. The molecule has 1 aliphatic carbocycles. The number of alkyl carbamates (subject to hydrolysis) is 2. The van der Waals surface area contributed by atoms with Crippen molar-refractivity contribution in [2.75, 3.05) is 13.2 Å². The summed E-state index contributed by atoms with van der Waals surface area (Å²) in [7, 11) is 0. The number of aliphatic hydroxyl groups is 1. The number of esters is 2. The van der Waals surface area contributed by atoms with Gasteiger partial charge in [0.05, 0.1) is 31.3 Å². The Morgan fingerprint density at radius 1 is 0.902 bits per heavy atom. The monoisotopic (exact) mass is 716 g/mol. The number of benzene rings is 1. The van der Waals surface area contributed by atoms with Crippen LogP contribution >= 0.6 is 0 Å². The van der Waals surface area contributed by atoms with Crippen molar-refractivity contribution in [3.63, 3.8) is 0 Å². The van der Waals surface area contributed by atoms with Gasteiger partial charge in [-0.3, -0.25) is 20.2 Å². The van der Waals surface area contributed by atoms with Crippen LogP contribution in [-0.2, 0) is 33.3 Å². The molecule has 4 N–H and O–H groups in total. The molecule has 1 aliphatic rings. The molecule has 0 aromatic heterocycles. The van der Waals surface area contributed by atoms with Gasteiger partial charge in [0.2, 0.25) is 11.9 Å². The van der Waals surface area contributed by atoms with Gasteiger partial charge in [0, 0.05) is 31.4 Å². The zero-order valence-corrected chi connectivity index (χ0v) is 31.3. The molecule has 284 valence electrons. The first-order valence-electron chi connectivity index (χ1n) is 17.4. The highest BCUT2D eigenvalue weighted by molar-refractivity contribution is 6.01. The van der Waals surface area contributed by atoms with E-state index in [0.717, 1.165) is 5.56 Å². The zero-order valence-electron chi connectivity index (χ0n) is 31.3. The molecule has 2 rings (SSSR count). The van der Waals surface area contributed by atoms with E-state index in [1.165, 1.54) is 13.0 Å². The summed E-state index contributed by atoms with van der Waals surface area (Å²) < 4.78 is 21.4. The second-order valence-corrected chi connectivity index (χ2v) is 14.4. The molecule has 0 saturated heterocycles. The van der Waals surface area contributed by atoms with Crippen LogP contribution in [0.15, 0.2) is 41.4 Å². The van der Waals surface area contributed by atoms with Crippen LogP contribution in [0.2, 0.25) is 0 Å². The van der Waals surface area contributed by atoms with Crippen molar-refractivity contribution in [1.82, 2.24) is 16.0 Å². The fourth-order valence-corrected chi connectivity index (χ4v) is 5.79. The van der Waals surface area contributed by atoms with Crippen LogP contribution in [-0.4, -0.2) is 83.7 Å². The molecule has 1 saturated carbocycles. The summed E-state index contributed by atoms with van der Waals surface area (Å²) in [4.78, 5) is 68.1. The standard InChI is InChI=1S/C37H56N4O10/c1-10-25(11-2)30(38-23(3)42)29-27(39-33(40-34(46)50-36(4,5)6)41-35(47)51-37(7,8)9)22-26(31(29)44)32(45)49-21-15-20-48-28(43)19-18-24-16-13-12-14-17-24/h12-14,16-19,25-27,29-31,44H,10-11,15,20-22H2,1-9H3,(H,38,42)(H2,39,40,41,46,47)/b19-18+/t26-,27+,29+,30-,31+/m0/s1. The van der Waals surface area contributed by atoms with E-state index in [-0.39, 0.29) is 43.8 Å². The lowest BCUT2D eigenvalue weighted by atomic mass is 9.80. The van der Waals surface area contributed by atoms with Crippen LogP contribution in [0.5, 0.6) is 0 Å². The molecule has 14 heteroatoms. The van der Waals surface area contributed by atoms with Gasteiger partial charge < -0.3 is 29.4 Å². The molecular formula is C37H56N4O10. The van der Waals surface area contributed by atoms with E-state index in [0.29, 0.717) is 12.8 Å². The van der Waals surface area contributed by atoms with E-state index in [1.807, 2.05) is 44.2 Å². The van der Waals surface area contributed by atoms with Crippen molar-refractivity contribution in [3.8, 4) is 0 Å². The maximum Gasteiger partial charge on any atom is 0.414 e. The average Bonchev–Trinajstić information content (AvgIpc) is 3.33. The van der Waals surface area contributed by atoms with E-state index in [1.54, 1.807) is 47.6 Å². The van der Waals surface area contributed by atoms with Gasteiger partial charge >= 0.3 is 24.1 Å². The summed E-state index contributed by atoms with van der Waals surface area (Å²) in [6, 6.07) is 7.77. The maximum atomic E-state index is 13.4. The predicted octanol–water partition coefficient (Wildman–Crippen LogP) is 4.89. The smallest absolute Gasteiger partial charge is 0.414 e. The number of ether oxygens (including phenoxy) is 4. The van der Waals surface area contributed by atoms with Crippen molar-refractivity contribution >= 4 is 42.1 Å². The Labute approximate surface area is 301 Å². The normalized spacial score (nSPS) is 19.5. The molecule has 3 amide bonds. The molecule has 0 unspecified atom stereocenters. The Hall–Kier alpha value is -4.46. The number of guanidine groups is 1. The van der Waals surface area contributed by atoms with Gasteiger partial charge in [-0.2, -0.15) is 0 Å². The topological polar surface area (TPSA) is 191 Å². The highest BCUT2D eigenvalue weighted by atomic mass is 16.6. The van der Waals surface area contributed by atoms with Crippen LogP contribution in [0.3, 0.4) is 0 Å². The number of nitrogens with one attached hydrogen (secondary N) is 3. The Morgan fingerprint density at radius 2 is 1.45 bits per heavy atom. The lowest BCUT2D eigenvalue weighted by Crippen LogP contribution is -2.52. The Bertz CT molecular complexity index is 1350. The summed E-state index contributed by atoms with van der Waals surface area (Å²) in [5.74, 6) is -3.87. The average molecular weight is 717 g/mol. The van der Waals surface area contributed by atoms with Crippen molar-refractivity contribution < 1.29 is 48.0 Å². The molecule has 0 aliphatic heterocycles. The van der Waals surface area contributed by atoms with Gasteiger partial charge in [0.15, 0.2) is 0 Å². The number of amides is 3. The molecule has 0 bridgehead atoms. The molecule has 51 heavy (non-hydrogen) atoms. The Morgan fingerprint density at radius 3 is 1.96 bits per heavy atom. The molecule has 1 fully saturated rings. The lowest BCUT2D eigenvalue weighted by Gasteiger charge is -2.35. The summed E-state index contributed by atoms with van der Waals surface area (Å²) in [6.07, 6.45) is 1.30. The SMILES string of the molecule is CCC(CC)[C@H](NC(C)=O)[C@@H]1[C@H](O)[C@@H](C(=O)OCCCOC(=O)/C=C/c2ccccc2)C[C@H]1N=C(NC(=O)OC(C)(C)C)NC(=O)OC(C)(C)C. The second kappa shape index (κ2) is 19.8. The van der Waals surface area contributed by atoms with E-state index in [9.17, 15) is 29.1 Å². The van der Waals surface area contributed by atoms with E-state index in [4.69, 9.17) is 18.9 Å². The maximum absolute atomic E-state index is 13.4. The lowest BCUT2D eigenvalue weighted by molar-refractivity contribution is -0.152. The third-order valence-electron chi connectivity index (χ3n) is 7.91. The molecule has 0 heterocycles. The van der Waals surface area contributed by atoms with Crippen molar-refractivity contribution in [2.45, 2.75) is 117 Å². The highest BCUT2D eigenvalue weighted by Crippen LogP contribution is 2.40. The van der Waals surface area contributed by atoms with E-state index < -0.39 is 65.4 Å². The van der Waals surface area contributed by atoms with Crippen molar-refractivity contribution in [1.29, 1.82) is 0 Å². The number of aliphatic hydroxyl groups excluding tert-OH is 1. The third kappa shape index (κ3) is 15.5. The first kappa shape index (κ1) is 42.7. The molecule has 5 atom stereocenters. The number of nitrogens with zero attached hydrogens (tertiary/aromatic N) is 1. The number of carbonyl (C=O) groups is 5. The van der Waals surface area contributed by atoms with Crippen molar-refractivity contribution in [2.24, 2.45) is 22.7 Å². The minimum atomic E-state index is -1.31. The quantitative estimate of drug-likeness (QED) is 0.0546. The summed E-state index contributed by atoms with van der Waals surface area (Å²) in [6.45, 7) is 15.2. The van der Waals surface area contributed by atoms with E-state index in [2.05, 4.69) is 20.9 Å². The largest absolute Gasteiger partial charge is 0.465 e. The first-order chi connectivity index (χ1) is 23.8. The number of rotatable bonds is 13. The fraction of sp³-hybridized carbons (Fsp3) is 0.622. The molecular weight excluding hydrogens is 660 g/mol. The number of carbonyl (C=O) groups excluding carboxylic acids is 5. The Balaban J connectivity index is 2.31. The zero-order chi connectivity index (χ0) is 38.4. The molecule has 0 spiro atoms. The highest BCUT2D eigenvalue weighted by Gasteiger charge is 2.51. The van der Waals surface area contributed by atoms with Crippen LogP contribution in [0.4, 0.5) is 9.59 Å². The second-order valence-electron chi connectivity index (χ2n) is 14.4. The van der Waals surface area contributed by atoms with Gasteiger partial charge in [0.1, 0.15) is 11.2 Å². The van der Waals surface area contributed by atoms with Gasteiger partial charge in [0.25, 0.3) is 0 Å². The summed E-state index contributed by atoms with van der Waals surface area (Å²) in [5, 5.41) is 19.6. The van der Waals surface area contributed by atoms with E-state index >= 15 is 0 Å². The van der Waals surface area contributed by atoms with Crippen LogP contribution in [0.25, 0.3) is 6.08 Å². The minimum Gasteiger partial charge on any atom is -0.465 e. The molecule has 1 aromatic rings. The van der Waals surface area contributed by atoms with Gasteiger partial charge in [-0.15, -0.1) is 0 Å². The summed E-state index contributed by atoms with van der Waals surface area (Å²) >= 11 is 0. The van der Waals surface area contributed by atoms with Gasteiger partial charge in [-0.05, 0) is 65.5 Å². The van der Waals surface area contributed by atoms with Crippen LogP contribution in [0, 0.1) is 17.8 Å². The van der Waals surface area contributed by atoms with Crippen LogP contribution < -0.4 is 16.0 Å². The Kier molecular flexibility index (Phi) is 16.6. The number of hydrogen-bond acceptors (Lipinski definition) is 11. The third-order valence-corrected chi connectivity index (χ3v) is 7.91. The van der Waals surface area contributed by atoms with Gasteiger partial charge in [-0.1, -0.05) is 57.0 Å². The fourth-order valence-electron chi connectivity index (χ4n) is 5.79. The molecule has 0 radical (unpaired) electrons. The number of hydrogen-bond donors (Lipinski definition) is 4. The first-order valence-corrected chi connectivity index (χ1v) is 17.4. The van der Waals surface area contributed by atoms with Crippen LogP contribution in [0.1, 0.15) is 93.6 Å². The predicted molar refractivity (Wildman–Crippen MR) is 191 cm³/mol. The number of aliphatic imine (C=N–C) groups is 1. The van der Waals surface area contributed by atoms with Gasteiger partial charge in [-0.25, -0.2) is 19.4 Å².